The molecule has 0 aromatic heterocycles. The van der Waals surface area contributed by atoms with Gasteiger partial charge in [0.05, 0.1) is 19.0 Å². The molecule has 1 atom stereocenters. The van der Waals surface area contributed by atoms with Crippen LogP contribution in [0, 0.1) is 5.92 Å². The van der Waals surface area contributed by atoms with E-state index in [1.54, 1.807) is 0 Å². The Morgan fingerprint density at radius 2 is 2.00 bits per heavy atom. The van der Waals surface area contributed by atoms with Gasteiger partial charge >= 0.3 is 5.97 Å². The summed E-state index contributed by atoms with van der Waals surface area (Å²) in [5, 5.41) is 9.39. The molecule has 0 aliphatic heterocycles. The molecule has 0 amide bonds. The second kappa shape index (κ2) is 7.42. The first-order valence-electron chi connectivity index (χ1n) is 7.70. The fraction of sp³-hybridized carbons (Fsp3) is 0.562. The van der Waals surface area contributed by atoms with Crippen LogP contribution in [0.5, 0.6) is 0 Å². The lowest BCUT2D eigenvalue weighted by Crippen LogP contribution is -2.59. The number of rotatable bonds is 9. The highest BCUT2D eigenvalue weighted by atomic mass is 32.2. The molecule has 1 aromatic rings. The molecule has 7 heteroatoms. The Labute approximate surface area is 136 Å². The van der Waals surface area contributed by atoms with Crippen molar-refractivity contribution >= 4 is 16.0 Å². The molecule has 1 saturated carbocycles. The first-order chi connectivity index (χ1) is 10.8. The van der Waals surface area contributed by atoms with Crippen LogP contribution in [0.25, 0.3) is 0 Å². The van der Waals surface area contributed by atoms with Gasteiger partial charge in [0.2, 0.25) is 10.0 Å². The predicted molar refractivity (Wildman–Crippen MR) is 86.4 cm³/mol. The highest BCUT2D eigenvalue weighted by molar-refractivity contribution is 7.89. The van der Waals surface area contributed by atoms with Crippen LogP contribution >= 0.6 is 0 Å². The summed E-state index contributed by atoms with van der Waals surface area (Å²) in [7, 11) is -3.72. The Kier molecular flexibility index (Phi) is 5.78. The highest BCUT2D eigenvalue weighted by Crippen LogP contribution is 2.36. The monoisotopic (exact) mass is 341 g/mol. The smallest absolute Gasteiger partial charge is 0.324 e. The van der Waals surface area contributed by atoms with Crippen molar-refractivity contribution in [3.05, 3.63) is 35.9 Å². The second-order valence-electron chi connectivity index (χ2n) is 6.09. The number of carbonyl (C=O) groups is 1. The molecule has 0 bridgehead atoms. The number of carboxylic acids is 1. The van der Waals surface area contributed by atoms with E-state index in [2.05, 4.69) is 4.72 Å². The summed E-state index contributed by atoms with van der Waals surface area (Å²) in [4.78, 5) is 11.5. The van der Waals surface area contributed by atoms with E-state index in [9.17, 15) is 18.3 Å². The summed E-state index contributed by atoms with van der Waals surface area (Å²) in [5.41, 5.74) is -0.473. The Bertz CT molecular complexity index is 627. The number of hydrogen-bond acceptors (Lipinski definition) is 4. The molecule has 128 valence electrons. The summed E-state index contributed by atoms with van der Waals surface area (Å²) >= 11 is 0. The molecule has 2 N–H and O–H groups in total. The van der Waals surface area contributed by atoms with Gasteiger partial charge in [0.1, 0.15) is 5.54 Å². The zero-order valence-corrected chi connectivity index (χ0v) is 14.0. The molecular weight excluding hydrogens is 318 g/mol. The molecule has 1 unspecified atom stereocenters. The molecule has 1 aliphatic carbocycles. The summed E-state index contributed by atoms with van der Waals surface area (Å²) in [6.07, 6.45) is 2.40. The lowest BCUT2D eigenvalue weighted by Gasteiger charge is -2.39. The van der Waals surface area contributed by atoms with Gasteiger partial charge in [-0.1, -0.05) is 36.8 Å². The number of hydrogen-bond donors (Lipinski definition) is 2. The molecule has 1 aromatic carbocycles. The van der Waals surface area contributed by atoms with Crippen LogP contribution < -0.4 is 4.72 Å². The maximum absolute atomic E-state index is 12.2. The van der Waals surface area contributed by atoms with Gasteiger partial charge in [0.25, 0.3) is 0 Å². The first-order valence-corrected chi connectivity index (χ1v) is 9.35. The molecule has 1 aliphatic rings. The Balaban J connectivity index is 1.84. The van der Waals surface area contributed by atoms with Gasteiger partial charge in [-0.25, -0.2) is 8.42 Å². The van der Waals surface area contributed by atoms with Gasteiger partial charge in [-0.05, 0) is 31.2 Å². The van der Waals surface area contributed by atoms with Gasteiger partial charge in [-0.2, -0.15) is 4.72 Å². The normalized spacial score (nSPS) is 18.1. The zero-order chi connectivity index (χ0) is 16.9. The zero-order valence-electron chi connectivity index (χ0n) is 13.2. The molecule has 23 heavy (non-hydrogen) atoms. The minimum Gasteiger partial charge on any atom is -0.480 e. The predicted octanol–water partition coefficient (Wildman–Crippen LogP) is 1.77. The fourth-order valence-electron chi connectivity index (χ4n) is 2.59. The summed E-state index contributed by atoms with van der Waals surface area (Å²) in [6, 6.07) is 9.45. The van der Waals surface area contributed by atoms with Crippen LogP contribution in [0.4, 0.5) is 0 Å². The van der Waals surface area contributed by atoms with Crippen LogP contribution in [-0.4, -0.2) is 37.4 Å². The van der Waals surface area contributed by atoms with Crippen molar-refractivity contribution in [2.75, 3.05) is 12.4 Å². The van der Waals surface area contributed by atoms with E-state index < -0.39 is 21.5 Å². The number of aliphatic carboxylic acids is 1. The van der Waals surface area contributed by atoms with Crippen molar-refractivity contribution in [2.24, 2.45) is 5.92 Å². The molecular formula is C16H23NO5S. The Morgan fingerprint density at radius 3 is 2.52 bits per heavy atom. The average Bonchev–Trinajstić information content (AvgIpc) is 2.42. The Hall–Kier alpha value is -1.44. The van der Waals surface area contributed by atoms with Crippen molar-refractivity contribution in [1.82, 2.24) is 4.72 Å². The quantitative estimate of drug-likeness (QED) is 0.668. The topological polar surface area (TPSA) is 92.7 Å². The van der Waals surface area contributed by atoms with E-state index in [0.29, 0.717) is 6.61 Å². The average molecular weight is 341 g/mol. The molecule has 0 heterocycles. The molecule has 0 spiro atoms. The first kappa shape index (κ1) is 17.9. The van der Waals surface area contributed by atoms with Gasteiger partial charge in [-0.15, -0.1) is 0 Å². The fourth-order valence-corrected chi connectivity index (χ4v) is 3.93. The van der Waals surface area contributed by atoms with E-state index in [4.69, 9.17) is 4.74 Å². The minimum absolute atomic E-state index is 0.0184. The molecule has 1 fully saturated rings. The maximum atomic E-state index is 12.2. The van der Waals surface area contributed by atoms with Crippen molar-refractivity contribution < 1.29 is 23.1 Å². The van der Waals surface area contributed by atoms with Gasteiger partial charge in [0.15, 0.2) is 0 Å². The van der Waals surface area contributed by atoms with Crippen LogP contribution in [0.3, 0.4) is 0 Å². The Morgan fingerprint density at radius 1 is 1.35 bits per heavy atom. The lowest BCUT2D eigenvalue weighted by atomic mass is 9.72. The summed E-state index contributed by atoms with van der Waals surface area (Å²) in [5.74, 6) is -1.54. The highest BCUT2D eigenvalue weighted by Gasteiger charge is 2.46. The van der Waals surface area contributed by atoms with E-state index in [1.165, 1.54) is 6.92 Å². The third kappa shape index (κ3) is 4.76. The lowest BCUT2D eigenvalue weighted by molar-refractivity contribution is -0.147. The summed E-state index contributed by atoms with van der Waals surface area (Å²) < 4.78 is 32.0. The van der Waals surface area contributed by atoms with Crippen molar-refractivity contribution in [2.45, 2.75) is 38.3 Å². The third-order valence-electron chi connectivity index (χ3n) is 4.34. The largest absolute Gasteiger partial charge is 0.480 e. The molecule has 2 rings (SSSR count). The van der Waals surface area contributed by atoms with Crippen LogP contribution in [0.2, 0.25) is 0 Å². The summed E-state index contributed by atoms with van der Waals surface area (Å²) in [6.45, 7) is 1.79. The number of ether oxygens (including phenoxy) is 1. The minimum atomic E-state index is -3.72. The van der Waals surface area contributed by atoms with E-state index in [0.717, 1.165) is 24.8 Å². The van der Waals surface area contributed by atoms with E-state index >= 15 is 0 Å². The maximum Gasteiger partial charge on any atom is 0.324 e. The second-order valence-corrected chi connectivity index (χ2v) is 7.94. The van der Waals surface area contributed by atoms with Crippen LogP contribution in [-0.2, 0) is 26.2 Å². The number of nitrogens with one attached hydrogen (secondary N) is 1. The molecule has 6 nitrogen and oxygen atoms in total. The number of benzene rings is 1. The van der Waals surface area contributed by atoms with Crippen molar-refractivity contribution in [3.8, 4) is 0 Å². The van der Waals surface area contributed by atoms with Gasteiger partial charge in [0, 0.05) is 0 Å². The van der Waals surface area contributed by atoms with Crippen LogP contribution in [0.15, 0.2) is 30.3 Å². The van der Waals surface area contributed by atoms with Gasteiger partial charge < -0.3 is 9.84 Å². The van der Waals surface area contributed by atoms with E-state index in [1.807, 2.05) is 30.3 Å². The van der Waals surface area contributed by atoms with E-state index in [-0.39, 0.29) is 18.3 Å². The van der Waals surface area contributed by atoms with Gasteiger partial charge in [-0.3, -0.25) is 4.79 Å². The SMILES string of the molecule is CC(NS(=O)(=O)CCOCc1ccccc1)(C(=O)O)C1CCC1. The standard InChI is InChI=1S/C16H23NO5S/c1-16(15(18)19,14-8-5-9-14)17-23(20,21)11-10-22-12-13-6-3-2-4-7-13/h2-4,6-7,14,17H,5,8-12H2,1H3,(H,18,19). The number of sulfonamides is 1. The van der Waals surface area contributed by atoms with Crippen molar-refractivity contribution in [3.63, 3.8) is 0 Å². The molecule has 0 radical (unpaired) electrons. The van der Waals surface area contributed by atoms with Crippen LogP contribution in [0.1, 0.15) is 31.7 Å². The number of carboxylic acid groups (broad SMARTS) is 1. The third-order valence-corrected chi connectivity index (χ3v) is 5.78. The van der Waals surface area contributed by atoms with Crippen molar-refractivity contribution in [1.29, 1.82) is 0 Å². The molecule has 0 saturated heterocycles.